The van der Waals surface area contributed by atoms with Gasteiger partial charge in [0.2, 0.25) is 5.95 Å². The molecule has 1 aromatic carbocycles. The summed E-state index contributed by atoms with van der Waals surface area (Å²) in [5.41, 5.74) is -0.650. The highest BCUT2D eigenvalue weighted by molar-refractivity contribution is 7.90. The molecule has 1 heterocycles. The SMILES string of the molecule is O=C(Nc1ncncn1)NS(=O)(=O)c1ccccc1[N+](=O)[O-]. The fourth-order valence-corrected chi connectivity index (χ4v) is 2.52. The van der Waals surface area contributed by atoms with Crippen molar-refractivity contribution in [2.24, 2.45) is 0 Å². The van der Waals surface area contributed by atoms with Gasteiger partial charge in [-0.25, -0.2) is 32.9 Å². The van der Waals surface area contributed by atoms with Gasteiger partial charge in [-0.2, -0.15) is 0 Å². The molecule has 0 spiro atoms. The molecule has 0 bridgehead atoms. The van der Waals surface area contributed by atoms with E-state index in [0.717, 1.165) is 24.8 Å². The number of nitro benzene ring substituents is 1. The lowest BCUT2D eigenvalue weighted by atomic mass is 10.3. The summed E-state index contributed by atoms with van der Waals surface area (Å²) in [4.78, 5) is 31.6. The molecule has 1 aromatic heterocycles. The van der Waals surface area contributed by atoms with E-state index in [1.54, 1.807) is 4.72 Å². The molecule has 2 amide bonds. The number of para-hydroxylation sites is 1. The van der Waals surface area contributed by atoms with Crippen molar-refractivity contribution < 1.29 is 18.1 Å². The van der Waals surface area contributed by atoms with E-state index < -0.39 is 31.6 Å². The molecular formula is C10H8N6O5S. The zero-order valence-electron chi connectivity index (χ0n) is 10.7. The van der Waals surface area contributed by atoms with Crippen LogP contribution in [-0.2, 0) is 10.0 Å². The van der Waals surface area contributed by atoms with Gasteiger partial charge in [-0.15, -0.1) is 0 Å². The van der Waals surface area contributed by atoms with Gasteiger partial charge in [0.05, 0.1) is 4.92 Å². The Bertz CT molecular complexity index is 810. The van der Waals surface area contributed by atoms with Crippen LogP contribution in [-0.4, -0.2) is 34.3 Å². The van der Waals surface area contributed by atoms with Gasteiger partial charge in [-0.3, -0.25) is 15.4 Å². The van der Waals surface area contributed by atoms with Crippen LogP contribution in [0.5, 0.6) is 0 Å². The highest BCUT2D eigenvalue weighted by Gasteiger charge is 2.27. The fourth-order valence-electron chi connectivity index (χ4n) is 1.44. The second-order valence-electron chi connectivity index (χ2n) is 3.75. The van der Waals surface area contributed by atoms with E-state index in [0.29, 0.717) is 0 Å². The highest BCUT2D eigenvalue weighted by atomic mass is 32.2. The predicted molar refractivity (Wildman–Crippen MR) is 72.3 cm³/mol. The molecule has 114 valence electrons. The molecule has 0 radical (unpaired) electrons. The number of benzene rings is 1. The molecule has 0 fully saturated rings. The van der Waals surface area contributed by atoms with Crippen LogP contribution in [0.3, 0.4) is 0 Å². The zero-order valence-corrected chi connectivity index (χ0v) is 11.5. The van der Waals surface area contributed by atoms with Crippen LogP contribution in [0.1, 0.15) is 0 Å². The van der Waals surface area contributed by atoms with E-state index in [9.17, 15) is 23.3 Å². The number of sulfonamides is 1. The molecule has 12 heteroatoms. The summed E-state index contributed by atoms with van der Waals surface area (Å²) in [6.45, 7) is 0. The van der Waals surface area contributed by atoms with Crippen molar-refractivity contribution >= 4 is 27.7 Å². The molecule has 0 saturated heterocycles. The molecule has 2 aromatic rings. The van der Waals surface area contributed by atoms with Gasteiger partial charge in [-0.05, 0) is 6.07 Å². The molecule has 2 rings (SSSR count). The number of nitrogens with one attached hydrogen (secondary N) is 2. The number of hydrogen-bond donors (Lipinski definition) is 2. The lowest BCUT2D eigenvalue weighted by molar-refractivity contribution is -0.387. The molecule has 0 aliphatic heterocycles. The van der Waals surface area contributed by atoms with Gasteiger partial charge in [0.25, 0.3) is 15.7 Å². The Morgan fingerprint density at radius 2 is 1.82 bits per heavy atom. The molecule has 22 heavy (non-hydrogen) atoms. The van der Waals surface area contributed by atoms with Crippen molar-refractivity contribution in [3.63, 3.8) is 0 Å². The number of hydrogen-bond acceptors (Lipinski definition) is 8. The Kier molecular flexibility index (Phi) is 4.22. The Balaban J connectivity index is 2.21. The largest absolute Gasteiger partial charge is 0.335 e. The number of carbonyl (C=O) groups is 1. The van der Waals surface area contributed by atoms with Gasteiger partial charge in [0.1, 0.15) is 12.7 Å². The molecule has 2 N–H and O–H groups in total. The molecular weight excluding hydrogens is 316 g/mol. The topological polar surface area (TPSA) is 157 Å². The number of urea groups is 1. The quantitative estimate of drug-likeness (QED) is 0.600. The van der Waals surface area contributed by atoms with Crippen LogP contribution in [0.25, 0.3) is 0 Å². The summed E-state index contributed by atoms with van der Waals surface area (Å²) in [6.07, 6.45) is 2.19. The van der Waals surface area contributed by atoms with Gasteiger partial charge in [0.15, 0.2) is 4.90 Å². The normalized spacial score (nSPS) is 10.7. The van der Waals surface area contributed by atoms with Crippen LogP contribution < -0.4 is 10.0 Å². The third-order valence-electron chi connectivity index (χ3n) is 2.30. The minimum Gasteiger partial charge on any atom is -0.275 e. The summed E-state index contributed by atoms with van der Waals surface area (Å²) in [5, 5.41) is 12.9. The van der Waals surface area contributed by atoms with E-state index in [2.05, 4.69) is 20.3 Å². The number of anilines is 1. The van der Waals surface area contributed by atoms with Crippen molar-refractivity contribution in [3.8, 4) is 0 Å². The highest BCUT2D eigenvalue weighted by Crippen LogP contribution is 2.22. The van der Waals surface area contributed by atoms with Crippen molar-refractivity contribution in [2.45, 2.75) is 4.90 Å². The second-order valence-corrected chi connectivity index (χ2v) is 5.40. The van der Waals surface area contributed by atoms with Gasteiger partial charge in [0, 0.05) is 6.07 Å². The molecule has 0 aliphatic carbocycles. The van der Waals surface area contributed by atoms with Gasteiger partial charge >= 0.3 is 6.03 Å². The number of nitro groups is 1. The molecule has 0 saturated carbocycles. The van der Waals surface area contributed by atoms with Crippen molar-refractivity contribution in [2.75, 3.05) is 5.32 Å². The molecule has 0 aliphatic rings. The second kappa shape index (κ2) is 6.09. The van der Waals surface area contributed by atoms with Crippen molar-refractivity contribution in [1.29, 1.82) is 0 Å². The van der Waals surface area contributed by atoms with Gasteiger partial charge in [-0.1, -0.05) is 12.1 Å². The first-order chi connectivity index (χ1) is 10.4. The maximum absolute atomic E-state index is 12.0. The third kappa shape index (κ3) is 3.49. The maximum atomic E-state index is 12.0. The number of rotatable bonds is 4. The number of aromatic nitrogens is 3. The van der Waals surface area contributed by atoms with E-state index >= 15 is 0 Å². The van der Waals surface area contributed by atoms with Crippen LogP contribution in [0.2, 0.25) is 0 Å². The molecule has 11 nitrogen and oxygen atoms in total. The average Bonchev–Trinajstić information content (AvgIpc) is 2.47. The first kappa shape index (κ1) is 15.2. The van der Waals surface area contributed by atoms with Gasteiger partial charge < -0.3 is 0 Å². The van der Waals surface area contributed by atoms with E-state index in [1.807, 2.05) is 0 Å². The van der Waals surface area contributed by atoms with Crippen molar-refractivity contribution in [1.82, 2.24) is 19.7 Å². The van der Waals surface area contributed by atoms with Crippen LogP contribution in [0.15, 0.2) is 41.8 Å². The summed E-state index contributed by atoms with van der Waals surface area (Å²) in [6, 6.07) is 3.46. The summed E-state index contributed by atoms with van der Waals surface area (Å²) >= 11 is 0. The van der Waals surface area contributed by atoms with Crippen LogP contribution in [0.4, 0.5) is 16.4 Å². The number of carbonyl (C=O) groups excluding carboxylic acids is 1. The fraction of sp³-hybridized carbons (Fsp3) is 0. The smallest absolute Gasteiger partial charge is 0.275 e. The first-order valence-corrected chi connectivity index (χ1v) is 7.07. The Morgan fingerprint density at radius 1 is 1.18 bits per heavy atom. The minimum absolute atomic E-state index is 0.176. The van der Waals surface area contributed by atoms with E-state index in [-0.39, 0.29) is 5.95 Å². The third-order valence-corrected chi connectivity index (χ3v) is 3.68. The van der Waals surface area contributed by atoms with Crippen LogP contribution >= 0.6 is 0 Å². The van der Waals surface area contributed by atoms with Crippen LogP contribution in [0, 0.1) is 10.1 Å². The van der Waals surface area contributed by atoms with E-state index in [4.69, 9.17) is 0 Å². The summed E-state index contributed by atoms with van der Waals surface area (Å²) < 4.78 is 25.7. The maximum Gasteiger partial charge on any atom is 0.335 e. The number of nitrogens with zero attached hydrogens (tertiary/aromatic N) is 4. The predicted octanol–water partition coefficient (Wildman–Crippen LogP) is 0.290. The molecule has 0 atom stereocenters. The monoisotopic (exact) mass is 324 g/mol. The lowest BCUT2D eigenvalue weighted by Crippen LogP contribution is -2.35. The summed E-state index contributed by atoms with van der Waals surface area (Å²) in [7, 11) is -4.43. The Hall–Kier alpha value is -3.15. The average molecular weight is 324 g/mol. The van der Waals surface area contributed by atoms with Crippen molar-refractivity contribution in [3.05, 3.63) is 47.0 Å². The van der Waals surface area contributed by atoms with E-state index in [1.165, 1.54) is 12.1 Å². The Labute approximate surface area is 123 Å². The summed E-state index contributed by atoms with van der Waals surface area (Å²) in [5.74, 6) is -0.176. The standard InChI is InChI=1S/C10H8N6O5S/c17-10(14-9-12-5-11-6-13-9)15-22(20,21)8-4-2-1-3-7(8)16(18)19/h1-6H,(H2,11,12,13,14,15,17). The Morgan fingerprint density at radius 3 is 2.45 bits per heavy atom. The first-order valence-electron chi connectivity index (χ1n) is 5.59. The number of amides is 2. The zero-order chi connectivity index (χ0) is 16.2. The lowest BCUT2D eigenvalue weighted by Gasteiger charge is -2.07. The molecule has 0 unspecified atom stereocenters. The minimum atomic E-state index is -4.43.